The molecule has 5 aliphatic rings. The summed E-state index contributed by atoms with van der Waals surface area (Å²) in [5, 5.41) is 0. The highest BCUT2D eigenvalue weighted by Gasteiger charge is 2.52. The summed E-state index contributed by atoms with van der Waals surface area (Å²) in [5.41, 5.74) is 15.9. The fraction of sp³-hybridized carbons (Fsp3) is 0.0411. The fourth-order valence-corrected chi connectivity index (χ4v) is 15.1. The average molecular weight is 1110 g/mol. The normalized spacial score (nSPS) is 14.9. The van der Waals surface area contributed by atoms with Gasteiger partial charge in [-0.25, -0.2) is 0 Å². The van der Waals surface area contributed by atoms with Crippen LogP contribution in [0.25, 0.3) is 0 Å². The predicted molar refractivity (Wildman–Crippen MR) is 345 cm³/mol. The Kier molecular flexibility index (Phi) is 11.9. The van der Waals surface area contributed by atoms with Crippen LogP contribution in [-0.4, -0.2) is 19.5 Å². The predicted octanol–water partition coefficient (Wildman–Crippen LogP) is 16.0. The molecule has 1 atom stereocenters. The van der Waals surface area contributed by atoms with E-state index in [2.05, 4.69) is 171 Å². The number of allylic oxidation sites excluding steroid dienone is 2. The van der Waals surface area contributed by atoms with E-state index in [0.29, 0.717) is 22.3 Å². The van der Waals surface area contributed by atoms with E-state index in [-0.39, 0.29) is 16.6 Å². The lowest BCUT2D eigenvalue weighted by Crippen LogP contribution is -2.65. The topological polar surface area (TPSA) is 16.2 Å². The van der Waals surface area contributed by atoms with Gasteiger partial charge in [-0.3, -0.25) is 0 Å². The second kappa shape index (κ2) is 20.0. The molecule has 16 rings (SSSR count). The fourth-order valence-electron chi connectivity index (χ4n) is 13.8. The summed E-state index contributed by atoms with van der Waals surface area (Å²) in [7, 11) is 0. The maximum atomic E-state index is 17.8. The molecule has 1 unspecified atom stereocenters. The van der Waals surface area contributed by atoms with Crippen molar-refractivity contribution >= 4 is 138 Å². The maximum absolute atomic E-state index is 17.8. The van der Waals surface area contributed by atoms with Crippen molar-refractivity contribution in [1.82, 2.24) is 0 Å². The largest absolute Gasteiger partial charge is 0.419 e. The molecule has 0 fully saturated rings. The maximum Gasteiger partial charge on any atom is 0.419 e. The van der Waals surface area contributed by atoms with Crippen molar-refractivity contribution in [2.75, 3.05) is 24.5 Å². The van der Waals surface area contributed by atoms with Gasteiger partial charge in [0.1, 0.15) is 0 Å². The molecule has 0 saturated carbocycles. The number of nitrogens with zero attached hydrogens (tertiary/aromatic N) is 5. The van der Waals surface area contributed by atoms with Crippen LogP contribution in [0.1, 0.15) is 12.0 Å². The minimum absolute atomic E-state index is 0.0829. The summed E-state index contributed by atoms with van der Waals surface area (Å²) < 4.78 is 53.5. The van der Waals surface area contributed by atoms with E-state index in [1.54, 1.807) is 0 Å². The van der Waals surface area contributed by atoms with Gasteiger partial charge in [-0.05, 0) is 143 Å². The first-order valence-corrected chi connectivity index (χ1v) is 29.3. The third-order valence-corrected chi connectivity index (χ3v) is 18.3. The summed E-state index contributed by atoms with van der Waals surface area (Å²) >= 11 is 1.25. The van der Waals surface area contributed by atoms with Crippen LogP contribution in [0.5, 0.6) is 0 Å². The highest BCUT2D eigenvalue weighted by molar-refractivity contribution is 8.00. The molecule has 0 radical (unpaired) electrons. The Morgan fingerprint density at radius 3 is 1.38 bits per heavy atom. The van der Waals surface area contributed by atoms with Gasteiger partial charge in [0, 0.05) is 83.7 Å². The zero-order valence-electron chi connectivity index (χ0n) is 45.4. The molecular weight excluding hydrogens is 1060 g/mol. The van der Waals surface area contributed by atoms with Gasteiger partial charge >= 0.3 is 6.18 Å². The van der Waals surface area contributed by atoms with Crippen LogP contribution in [0.3, 0.4) is 0 Å². The summed E-state index contributed by atoms with van der Waals surface area (Å²) in [6.45, 7) is -1.18. The first-order chi connectivity index (χ1) is 41.4. The highest BCUT2D eigenvalue weighted by atomic mass is 32.2. The molecule has 0 saturated heterocycles. The summed E-state index contributed by atoms with van der Waals surface area (Å²) in [4.78, 5) is 12.1. The zero-order chi connectivity index (χ0) is 56.0. The molecule has 1 aliphatic carbocycles. The van der Waals surface area contributed by atoms with Gasteiger partial charge in [-0.15, -0.1) is 0 Å². The van der Waals surface area contributed by atoms with E-state index >= 15 is 13.2 Å². The number of alkyl halides is 3. The number of anilines is 14. The second-order valence-electron chi connectivity index (χ2n) is 21.8. The van der Waals surface area contributed by atoms with E-state index in [1.165, 1.54) is 11.8 Å². The molecule has 0 N–H and O–H groups in total. The van der Waals surface area contributed by atoms with E-state index in [1.807, 2.05) is 138 Å². The molecule has 11 heteroatoms. The Bertz CT molecular complexity index is 4380. The van der Waals surface area contributed by atoms with Crippen molar-refractivity contribution in [2.45, 2.75) is 28.4 Å². The van der Waals surface area contributed by atoms with Gasteiger partial charge in [0.05, 0.1) is 17.3 Å². The number of benzene rings is 11. The number of rotatable bonds is 9. The Labute approximate surface area is 491 Å². The van der Waals surface area contributed by atoms with E-state index in [4.69, 9.17) is 0 Å². The van der Waals surface area contributed by atoms with Crippen LogP contribution in [0.4, 0.5) is 92.8 Å². The quantitative estimate of drug-likeness (QED) is 0.133. The first-order valence-electron chi connectivity index (χ1n) is 28.5. The molecule has 84 heavy (non-hydrogen) atoms. The first kappa shape index (κ1) is 49.9. The molecule has 5 nitrogen and oxygen atoms in total. The van der Waals surface area contributed by atoms with Crippen molar-refractivity contribution in [1.29, 1.82) is 0 Å². The van der Waals surface area contributed by atoms with Gasteiger partial charge in [0.15, 0.2) is 0 Å². The lowest BCUT2D eigenvalue weighted by atomic mass is 9.30. The number of hydrogen-bond donors (Lipinski definition) is 0. The number of hydrogen-bond acceptors (Lipinski definition) is 6. The lowest BCUT2D eigenvalue weighted by Gasteiger charge is -2.47. The minimum Gasteiger partial charge on any atom is -0.334 e. The number of halogens is 3. The van der Waals surface area contributed by atoms with E-state index in [9.17, 15) is 0 Å². The van der Waals surface area contributed by atoms with Gasteiger partial charge in [-0.2, -0.15) is 13.2 Å². The third-order valence-electron chi connectivity index (χ3n) is 17.1. The number of para-hydroxylation sites is 8. The van der Waals surface area contributed by atoms with Crippen molar-refractivity contribution in [2.24, 2.45) is 0 Å². The Morgan fingerprint density at radius 1 is 0.405 bits per heavy atom. The average Bonchev–Trinajstić information content (AvgIpc) is 0.881. The van der Waals surface area contributed by atoms with E-state index in [0.717, 1.165) is 95.7 Å². The molecule has 0 bridgehead atoms. The molecule has 400 valence electrons. The molecule has 0 spiro atoms. The van der Waals surface area contributed by atoms with Gasteiger partial charge in [0.2, 0.25) is 6.71 Å². The number of fused-ring (bicyclic) bond motifs is 8. The van der Waals surface area contributed by atoms with Crippen LogP contribution in [0, 0.1) is 0 Å². The lowest BCUT2D eigenvalue weighted by molar-refractivity contribution is -0.139. The van der Waals surface area contributed by atoms with Crippen LogP contribution in [0.15, 0.2) is 295 Å². The van der Waals surface area contributed by atoms with Crippen molar-refractivity contribution in [3.05, 3.63) is 291 Å². The molecule has 0 amide bonds. The standard InChI is InChI=1S/C73H50B2F3N5S/c76-73(77,78)68-71-60(48-61-72(68)84-67-47-57(80(51-30-12-3-13-31-51)52-32-14-4-15-33-52)46-66-70(67)75(61)59-41-23-25-43-63(59)82(66)54-36-18-6-19-37-54)74-58-40-22-24-42-62(58)81(53-34-16-5-17-35-53)64-44-56(45-65(69(64)74)83(71)55-38-20-7-21-39-55)79(49-26-8-1-9-27-49)50-28-10-2-11-29-50/h1-28,30-48,50H,29H2. The van der Waals surface area contributed by atoms with E-state index < -0.39 is 25.2 Å². The van der Waals surface area contributed by atoms with Gasteiger partial charge in [-0.1, -0.05) is 193 Å². The smallest absolute Gasteiger partial charge is 0.334 e. The van der Waals surface area contributed by atoms with Crippen LogP contribution in [-0.2, 0) is 6.18 Å². The molecule has 4 aliphatic heterocycles. The molecule has 11 aromatic carbocycles. The van der Waals surface area contributed by atoms with Gasteiger partial charge in [0.25, 0.3) is 6.71 Å². The Balaban J connectivity index is 1.02. The Hall–Kier alpha value is -9.83. The zero-order valence-corrected chi connectivity index (χ0v) is 46.2. The molecule has 4 heterocycles. The summed E-state index contributed by atoms with van der Waals surface area (Å²) in [5.74, 6) is 0. The highest BCUT2D eigenvalue weighted by Crippen LogP contribution is 2.54. The summed E-state index contributed by atoms with van der Waals surface area (Å²) in [6, 6.07) is 88.8. The van der Waals surface area contributed by atoms with Gasteiger partial charge < -0.3 is 24.5 Å². The Morgan fingerprint density at radius 2 is 0.857 bits per heavy atom. The van der Waals surface area contributed by atoms with Crippen LogP contribution < -0.4 is 57.3 Å². The second-order valence-corrected chi connectivity index (χ2v) is 22.9. The SMILES string of the molecule is FC(F)(F)c1c2c(cc3c1N(c1ccccc1)c1cc(N(c4ccccc4)C4C=CC=CC4)cc4c1B3c1ccccc1N4c1ccccc1)B1c3ccccc3N(c3ccccc3)c3cc(N(c4ccccc4)c4ccccc4)cc(c31)S2. The van der Waals surface area contributed by atoms with Crippen LogP contribution >= 0.6 is 11.8 Å². The van der Waals surface area contributed by atoms with Crippen molar-refractivity contribution in [3.8, 4) is 0 Å². The minimum atomic E-state index is -4.84. The molecular formula is C73H50B2F3N5S. The van der Waals surface area contributed by atoms with Crippen LogP contribution in [0.2, 0.25) is 0 Å². The molecule has 0 aromatic heterocycles. The summed E-state index contributed by atoms with van der Waals surface area (Å²) in [6.07, 6.45) is 4.47. The third kappa shape index (κ3) is 7.97. The van der Waals surface area contributed by atoms with Crippen molar-refractivity contribution < 1.29 is 13.2 Å². The molecule has 11 aromatic rings. The van der Waals surface area contributed by atoms with Crippen molar-refractivity contribution in [3.63, 3.8) is 0 Å². The monoisotopic (exact) mass is 1110 g/mol.